The molecule has 100 valence electrons. The van der Waals surface area contributed by atoms with Gasteiger partial charge in [-0.15, -0.1) is 6.58 Å². The molecule has 0 saturated heterocycles. The Morgan fingerprint density at radius 3 is 2.47 bits per heavy atom. The first kappa shape index (κ1) is 13.8. The first-order valence-electron chi connectivity index (χ1n) is 7.06. The molecule has 0 spiro atoms. The van der Waals surface area contributed by atoms with E-state index >= 15 is 0 Å². The SMILES string of the molecule is C=CCCO[C@H]1CC[C@H](c2ccc(C#N)cc2)CC1. The Kier molecular flexibility index (Phi) is 5.18. The molecule has 0 bridgehead atoms. The normalized spacial score (nSPS) is 22.7. The summed E-state index contributed by atoms with van der Waals surface area (Å²) in [6, 6.07) is 10.2. The third kappa shape index (κ3) is 3.94. The number of nitrogens with zero attached hydrogens (tertiary/aromatic N) is 1. The molecule has 0 amide bonds. The first-order valence-corrected chi connectivity index (χ1v) is 7.06. The van der Waals surface area contributed by atoms with Gasteiger partial charge in [0.05, 0.1) is 24.3 Å². The van der Waals surface area contributed by atoms with Crippen molar-refractivity contribution in [3.8, 4) is 6.07 Å². The van der Waals surface area contributed by atoms with E-state index in [0.717, 1.165) is 31.4 Å². The van der Waals surface area contributed by atoms with Crippen molar-refractivity contribution in [2.24, 2.45) is 0 Å². The van der Waals surface area contributed by atoms with E-state index in [9.17, 15) is 0 Å². The maximum Gasteiger partial charge on any atom is 0.0991 e. The van der Waals surface area contributed by atoms with Gasteiger partial charge < -0.3 is 4.74 Å². The zero-order chi connectivity index (χ0) is 13.5. The molecular formula is C17H21NO. The van der Waals surface area contributed by atoms with Gasteiger partial charge in [-0.1, -0.05) is 18.2 Å². The van der Waals surface area contributed by atoms with Crippen molar-refractivity contribution in [1.29, 1.82) is 5.26 Å². The van der Waals surface area contributed by atoms with Crippen LogP contribution in [-0.2, 0) is 4.74 Å². The second-order valence-electron chi connectivity index (χ2n) is 5.16. The van der Waals surface area contributed by atoms with Crippen molar-refractivity contribution in [2.75, 3.05) is 6.61 Å². The summed E-state index contributed by atoms with van der Waals surface area (Å²) in [5.74, 6) is 0.631. The minimum Gasteiger partial charge on any atom is -0.378 e. The summed E-state index contributed by atoms with van der Waals surface area (Å²) >= 11 is 0. The lowest BCUT2D eigenvalue weighted by Crippen LogP contribution is -2.21. The van der Waals surface area contributed by atoms with E-state index < -0.39 is 0 Å². The van der Waals surface area contributed by atoms with Gasteiger partial charge in [0.25, 0.3) is 0 Å². The fourth-order valence-electron chi connectivity index (χ4n) is 2.71. The van der Waals surface area contributed by atoms with E-state index in [-0.39, 0.29) is 0 Å². The second-order valence-corrected chi connectivity index (χ2v) is 5.16. The topological polar surface area (TPSA) is 33.0 Å². The lowest BCUT2D eigenvalue weighted by atomic mass is 9.82. The van der Waals surface area contributed by atoms with E-state index in [1.807, 2.05) is 18.2 Å². The van der Waals surface area contributed by atoms with Crippen molar-refractivity contribution in [1.82, 2.24) is 0 Å². The van der Waals surface area contributed by atoms with Crippen LogP contribution < -0.4 is 0 Å². The minimum absolute atomic E-state index is 0.426. The van der Waals surface area contributed by atoms with Crippen molar-refractivity contribution >= 4 is 0 Å². The molecule has 0 heterocycles. The molecule has 2 rings (SSSR count). The highest BCUT2D eigenvalue weighted by Gasteiger charge is 2.22. The molecule has 19 heavy (non-hydrogen) atoms. The number of benzene rings is 1. The lowest BCUT2D eigenvalue weighted by molar-refractivity contribution is 0.0274. The van der Waals surface area contributed by atoms with Crippen LogP contribution in [0.3, 0.4) is 0 Å². The molecule has 1 saturated carbocycles. The third-order valence-electron chi connectivity index (χ3n) is 3.86. The highest BCUT2D eigenvalue weighted by molar-refractivity contribution is 5.33. The molecule has 0 unspecified atom stereocenters. The average Bonchev–Trinajstić information content (AvgIpc) is 2.48. The molecule has 1 aromatic carbocycles. The van der Waals surface area contributed by atoms with Crippen LogP contribution in [-0.4, -0.2) is 12.7 Å². The molecule has 1 aliphatic rings. The van der Waals surface area contributed by atoms with Crippen LogP contribution in [0.2, 0.25) is 0 Å². The summed E-state index contributed by atoms with van der Waals surface area (Å²) in [4.78, 5) is 0. The van der Waals surface area contributed by atoms with Crippen LogP contribution >= 0.6 is 0 Å². The van der Waals surface area contributed by atoms with Crippen LogP contribution in [0.5, 0.6) is 0 Å². The van der Waals surface area contributed by atoms with Gasteiger partial charge in [-0.2, -0.15) is 5.26 Å². The summed E-state index contributed by atoms with van der Waals surface area (Å²) in [7, 11) is 0. The van der Waals surface area contributed by atoms with Crippen LogP contribution in [0, 0.1) is 11.3 Å². The molecule has 0 atom stereocenters. The molecule has 1 aliphatic carbocycles. The zero-order valence-electron chi connectivity index (χ0n) is 11.3. The maximum atomic E-state index is 8.80. The number of rotatable bonds is 5. The van der Waals surface area contributed by atoms with Crippen LogP contribution in [0.25, 0.3) is 0 Å². The van der Waals surface area contributed by atoms with Gasteiger partial charge in [0.2, 0.25) is 0 Å². The van der Waals surface area contributed by atoms with Gasteiger partial charge in [-0.05, 0) is 55.7 Å². The number of hydrogen-bond donors (Lipinski definition) is 0. The molecule has 0 radical (unpaired) electrons. The van der Waals surface area contributed by atoms with Gasteiger partial charge in [0, 0.05) is 0 Å². The van der Waals surface area contributed by atoms with E-state index in [1.54, 1.807) is 0 Å². The Labute approximate surface area is 115 Å². The van der Waals surface area contributed by atoms with Crippen molar-refractivity contribution in [3.05, 3.63) is 48.0 Å². The number of hydrogen-bond acceptors (Lipinski definition) is 2. The van der Waals surface area contributed by atoms with Crippen molar-refractivity contribution in [3.63, 3.8) is 0 Å². The molecule has 1 aromatic rings. The quantitative estimate of drug-likeness (QED) is 0.584. The van der Waals surface area contributed by atoms with Gasteiger partial charge in [0.15, 0.2) is 0 Å². The second kappa shape index (κ2) is 7.11. The summed E-state index contributed by atoms with van der Waals surface area (Å²) in [6.07, 6.45) is 7.92. The highest BCUT2D eigenvalue weighted by Crippen LogP contribution is 2.34. The molecule has 2 nitrogen and oxygen atoms in total. The van der Waals surface area contributed by atoms with E-state index in [2.05, 4.69) is 24.8 Å². The molecule has 0 N–H and O–H groups in total. The Morgan fingerprint density at radius 1 is 1.21 bits per heavy atom. The van der Waals surface area contributed by atoms with Crippen LogP contribution in [0.15, 0.2) is 36.9 Å². The van der Waals surface area contributed by atoms with E-state index in [1.165, 1.54) is 18.4 Å². The van der Waals surface area contributed by atoms with Gasteiger partial charge in [-0.25, -0.2) is 0 Å². The summed E-state index contributed by atoms with van der Waals surface area (Å²) in [5.41, 5.74) is 2.11. The van der Waals surface area contributed by atoms with Gasteiger partial charge in [-0.3, -0.25) is 0 Å². The molecular weight excluding hydrogens is 234 g/mol. The van der Waals surface area contributed by atoms with Gasteiger partial charge in [0.1, 0.15) is 0 Å². The van der Waals surface area contributed by atoms with Crippen molar-refractivity contribution < 1.29 is 4.74 Å². The predicted octanol–water partition coefficient (Wildman–Crippen LogP) is 4.18. The van der Waals surface area contributed by atoms with Gasteiger partial charge >= 0.3 is 0 Å². The summed E-state index contributed by atoms with van der Waals surface area (Å²) in [6.45, 7) is 4.51. The molecule has 2 heteroatoms. The molecule has 1 fully saturated rings. The summed E-state index contributed by atoms with van der Waals surface area (Å²) < 4.78 is 5.83. The first-order chi connectivity index (χ1) is 9.33. The zero-order valence-corrected chi connectivity index (χ0v) is 11.3. The average molecular weight is 255 g/mol. The van der Waals surface area contributed by atoms with E-state index in [0.29, 0.717) is 12.0 Å². The third-order valence-corrected chi connectivity index (χ3v) is 3.86. The molecule has 0 aliphatic heterocycles. The van der Waals surface area contributed by atoms with Crippen molar-refractivity contribution in [2.45, 2.75) is 44.1 Å². The number of ether oxygens (including phenoxy) is 1. The Hall–Kier alpha value is -1.59. The Morgan fingerprint density at radius 2 is 1.89 bits per heavy atom. The fourth-order valence-corrected chi connectivity index (χ4v) is 2.71. The van der Waals surface area contributed by atoms with Crippen LogP contribution in [0.4, 0.5) is 0 Å². The Bertz CT molecular complexity index is 435. The fraction of sp³-hybridized carbons (Fsp3) is 0.471. The monoisotopic (exact) mass is 255 g/mol. The highest BCUT2D eigenvalue weighted by atomic mass is 16.5. The standard InChI is InChI=1S/C17H21NO/c1-2-3-12-19-17-10-8-16(9-11-17)15-6-4-14(13-18)5-7-15/h2,4-7,16-17H,1,3,8-12H2/t16-,17-. The minimum atomic E-state index is 0.426. The predicted molar refractivity (Wildman–Crippen MR) is 76.9 cm³/mol. The van der Waals surface area contributed by atoms with E-state index in [4.69, 9.17) is 10.00 Å². The largest absolute Gasteiger partial charge is 0.378 e. The lowest BCUT2D eigenvalue weighted by Gasteiger charge is -2.28. The maximum absolute atomic E-state index is 8.80. The molecule has 0 aromatic heterocycles. The Balaban J connectivity index is 1.82. The summed E-state index contributed by atoms with van der Waals surface area (Å²) in [5, 5.41) is 8.80. The smallest absolute Gasteiger partial charge is 0.0991 e. The van der Waals surface area contributed by atoms with Crippen LogP contribution in [0.1, 0.15) is 49.1 Å². The number of nitriles is 1.